The van der Waals surface area contributed by atoms with Gasteiger partial charge in [-0.3, -0.25) is 4.98 Å². The Morgan fingerprint density at radius 1 is 0.812 bits per heavy atom. The molecule has 0 atom stereocenters. The summed E-state index contributed by atoms with van der Waals surface area (Å²) in [5, 5.41) is 0. The van der Waals surface area contributed by atoms with Crippen molar-refractivity contribution in [1.29, 1.82) is 0 Å². The molecule has 0 spiro atoms. The summed E-state index contributed by atoms with van der Waals surface area (Å²) in [6.07, 6.45) is 0.765. The third-order valence-corrected chi connectivity index (χ3v) is 1.99. The molecule has 0 fully saturated rings. The zero-order valence-electron chi connectivity index (χ0n) is 7.85. The van der Waals surface area contributed by atoms with Crippen molar-refractivity contribution in [1.82, 2.24) is 4.98 Å². The third-order valence-electron chi connectivity index (χ3n) is 1.99. The molecule has 0 saturated heterocycles. The van der Waals surface area contributed by atoms with Crippen LogP contribution in [0.5, 0.6) is 0 Å². The van der Waals surface area contributed by atoms with Crippen molar-refractivity contribution in [3.8, 4) is 11.3 Å². The summed E-state index contributed by atoms with van der Waals surface area (Å²) >= 11 is 0. The average Bonchev–Trinajstić information content (AvgIpc) is 2.19. The summed E-state index contributed by atoms with van der Waals surface area (Å²) in [5.74, 6) is -3.57. The molecule has 0 aliphatic heterocycles. The van der Waals surface area contributed by atoms with Gasteiger partial charge in [-0.1, -0.05) is 0 Å². The lowest BCUT2D eigenvalue weighted by Crippen LogP contribution is -1.94. The van der Waals surface area contributed by atoms with Crippen molar-refractivity contribution in [2.75, 3.05) is 0 Å². The van der Waals surface area contributed by atoms with Crippen LogP contribution in [0.15, 0.2) is 30.5 Å². The second kappa shape index (κ2) is 3.92. The molecular formula is C11H5F4N. The molecule has 82 valence electrons. The van der Waals surface area contributed by atoms with Crippen LogP contribution in [0.1, 0.15) is 0 Å². The summed E-state index contributed by atoms with van der Waals surface area (Å²) in [6.45, 7) is 0. The quantitative estimate of drug-likeness (QED) is 0.681. The molecule has 2 aromatic rings. The molecule has 0 bridgehead atoms. The summed E-state index contributed by atoms with van der Waals surface area (Å²) in [6, 6.07) is 3.22. The van der Waals surface area contributed by atoms with Crippen LogP contribution in [0.25, 0.3) is 11.3 Å². The molecular weight excluding hydrogens is 222 g/mol. The Morgan fingerprint density at radius 3 is 2.12 bits per heavy atom. The molecule has 1 nitrogen and oxygen atoms in total. The smallest absolute Gasteiger partial charge is 0.152 e. The Balaban J connectivity index is 2.59. The van der Waals surface area contributed by atoms with Gasteiger partial charge in [0, 0.05) is 17.7 Å². The lowest BCUT2D eigenvalue weighted by atomic mass is 10.1. The van der Waals surface area contributed by atoms with Crippen LogP contribution in [0.3, 0.4) is 0 Å². The topological polar surface area (TPSA) is 12.9 Å². The van der Waals surface area contributed by atoms with Crippen LogP contribution < -0.4 is 0 Å². The molecule has 2 rings (SSSR count). The van der Waals surface area contributed by atoms with E-state index in [1.807, 2.05) is 0 Å². The number of halogens is 4. The Kier molecular flexibility index (Phi) is 2.60. The predicted molar refractivity (Wildman–Crippen MR) is 49.5 cm³/mol. The number of hydrogen-bond donors (Lipinski definition) is 0. The van der Waals surface area contributed by atoms with Crippen LogP contribution in [0, 0.1) is 23.3 Å². The van der Waals surface area contributed by atoms with Crippen molar-refractivity contribution >= 4 is 0 Å². The SMILES string of the molecule is Fc1ccc(-c2ncc(F)cc2F)c(F)c1. The van der Waals surface area contributed by atoms with Crippen molar-refractivity contribution < 1.29 is 17.6 Å². The van der Waals surface area contributed by atoms with E-state index in [2.05, 4.69) is 4.98 Å². The van der Waals surface area contributed by atoms with Gasteiger partial charge in [0.05, 0.1) is 6.20 Å². The van der Waals surface area contributed by atoms with Gasteiger partial charge in [0.25, 0.3) is 0 Å². The fourth-order valence-corrected chi connectivity index (χ4v) is 1.29. The first-order valence-corrected chi connectivity index (χ1v) is 4.34. The minimum absolute atomic E-state index is 0.209. The Bertz CT molecular complexity index is 490. The van der Waals surface area contributed by atoms with E-state index in [0.717, 1.165) is 18.3 Å². The van der Waals surface area contributed by atoms with Crippen LogP contribution in [0.4, 0.5) is 17.6 Å². The van der Waals surface area contributed by atoms with Crippen LogP contribution >= 0.6 is 0 Å². The fraction of sp³-hybridized carbons (Fsp3) is 0. The minimum Gasteiger partial charge on any atom is -0.250 e. The van der Waals surface area contributed by atoms with Gasteiger partial charge in [0.1, 0.15) is 23.1 Å². The first-order valence-electron chi connectivity index (χ1n) is 4.34. The zero-order chi connectivity index (χ0) is 11.7. The van der Waals surface area contributed by atoms with E-state index in [1.54, 1.807) is 0 Å². The molecule has 1 aromatic carbocycles. The number of hydrogen-bond acceptors (Lipinski definition) is 1. The van der Waals surface area contributed by atoms with Crippen LogP contribution in [-0.2, 0) is 0 Å². The zero-order valence-corrected chi connectivity index (χ0v) is 7.85. The Hall–Kier alpha value is -1.91. The van der Waals surface area contributed by atoms with E-state index in [-0.39, 0.29) is 11.3 Å². The summed E-state index contributed by atoms with van der Waals surface area (Å²) in [7, 11) is 0. The van der Waals surface area contributed by atoms with E-state index < -0.39 is 23.3 Å². The molecule has 1 heterocycles. The van der Waals surface area contributed by atoms with E-state index in [0.29, 0.717) is 12.1 Å². The largest absolute Gasteiger partial charge is 0.250 e. The Morgan fingerprint density at radius 2 is 1.50 bits per heavy atom. The van der Waals surface area contributed by atoms with Crippen molar-refractivity contribution in [3.05, 3.63) is 53.7 Å². The molecule has 0 aliphatic rings. The Labute approximate surface area is 88.4 Å². The molecule has 0 saturated carbocycles. The van der Waals surface area contributed by atoms with E-state index >= 15 is 0 Å². The summed E-state index contributed by atoms with van der Waals surface area (Å²) in [4.78, 5) is 3.43. The number of pyridine rings is 1. The van der Waals surface area contributed by atoms with Crippen molar-refractivity contribution in [2.24, 2.45) is 0 Å². The highest BCUT2D eigenvalue weighted by Crippen LogP contribution is 2.24. The van der Waals surface area contributed by atoms with Crippen molar-refractivity contribution in [3.63, 3.8) is 0 Å². The average molecular weight is 227 g/mol. The highest BCUT2D eigenvalue weighted by atomic mass is 19.1. The molecule has 0 radical (unpaired) electrons. The first kappa shape index (κ1) is 10.6. The molecule has 5 heteroatoms. The molecule has 16 heavy (non-hydrogen) atoms. The molecule has 1 aromatic heterocycles. The predicted octanol–water partition coefficient (Wildman–Crippen LogP) is 3.31. The monoisotopic (exact) mass is 227 g/mol. The van der Waals surface area contributed by atoms with Crippen LogP contribution in [-0.4, -0.2) is 4.98 Å². The number of nitrogens with zero attached hydrogens (tertiary/aromatic N) is 1. The summed E-state index contributed by atoms with van der Waals surface area (Å²) < 4.78 is 51.7. The van der Waals surface area contributed by atoms with Gasteiger partial charge < -0.3 is 0 Å². The molecule has 0 aliphatic carbocycles. The molecule has 0 unspecified atom stereocenters. The normalized spacial score (nSPS) is 10.5. The van der Waals surface area contributed by atoms with Gasteiger partial charge in [-0.05, 0) is 12.1 Å². The maximum Gasteiger partial charge on any atom is 0.152 e. The maximum absolute atomic E-state index is 13.3. The maximum atomic E-state index is 13.3. The number of aromatic nitrogens is 1. The first-order chi connectivity index (χ1) is 7.58. The molecule has 0 N–H and O–H groups in total. The minimum atomic E-state index is -0.995. The van der Waals surface area contributed by atoms with Crippen molar-refractivity contribution in [2.45, 2.75) is 0 Å². The molecule has 0 amide bonds. The second-order valence-corrected chi connectivity index (χ2v) is 3.11. The fourth-order valence-electron chi connectivity index (χ4n) is 1.29. The highest BCUT2D eigenvalue weighted by molar-refractivity contribution is 5.60. The second-order valence-electron chi connectivity index (χ2n) is 3.11. The van der Waals surface area contributed by atoms with Gasteiger partial charge in [0.2, 0.25) is 0 Å². The van der Waals surface area contributed by atoms with E-state index in [4.69, 9.17) is 0 Å². The van der Waals surface area contributed by atoms with E-state index in [9.17, 15) is 17.6 Å². The van der Waals surface area contributed by atoms with Crippen LogP contribution in [0.2, 0.25) is 0 Å². The third kappa shape index (κ3) is 1.88. The van der Waals surface area contributed by atoms with E-state index in [1.165, 1.54) is 0 Å². The highest BCUT2D eigenvalue weighted by Gasteiger charge is 2.12. The van der Waals surface area contributed by atoms with Gasteiger partial charge in [-0.15, -0.1) is 0 Å². The van der Waals surface area contributed by atoms with Gasteiger partial charge in [-0.2, -0.15) is 0 Å². The van der Waals surface area contributed by atoms with Gasteiger partial charge in [-0.25, -0.2) is 17.6 Å². The number of rotatable bonds is 1. The van der Waals surface area contributed by atoms with Gasteiger partial charge >= 0.3 is 0 Å². The standard InChI is InChI=1S/C11H5F4N/c12-6-1-2-8(9(14)3-6)11-10(15)4-7(13)5-16-11/h1-5H. The van der Waals surface area contributed by atoms with Gasteiger partial charge in [0.15, 0.2) is 5.82 Å². The lowest BCUT2D eigenvalue weighted by Gasteiger charge is -2.03. The summed E-state index contributed by atoms with van der Waals surface area (Å²) in [5.41, 5.74) is -0.558. The number of benzene rings is 1. The lowest BCUT2D eigenvalue weighted by molar-refractivity contribution is 0.568.